The van der Waals surface area contributed by atoms with Crippen LogP contribution in [-0.4, -0.2) is 32.2 Å². The highest BCUT2D eigenvalue weighted by Crippen LogP contribution is 2.01. The van der Waals surface area contributed by atoms with E-state index in [-0.39, 0.29) is 5.82 Å². The molecule has 0 aliphatic carbocycles. The Morgan fingerprint density at radius 2 is 2.16 bits per heavy atom. The van der Waals surface area contributed by atoms with Crippen LogP contribution in [0.1, 0.15) is 16.2 Å². The van der Waals surface area contributed by atoms with Crippen molar-refractivity contribution in [3.05, 3.63) is 51.8 Å². The predicted molar refractivity (Wildman–Crippen MR) is 64.5 cm³/mol. The van der Waals surface area contributed by atoms with E-state index in [1.54, 1.807) is 12.1 Å². The van der Waals surface area contributed by atoms with Crippen molar-refractivity contribution in [3.8, 4) is 0 Å². The highest BCUT2D eigenvalue weighted by Gasteiger charge is 2.20. The number of amides is 1. The second-order valence-electron chi connectivity index (χ2n) is 3.35. The number of H-pyrrole nitrogens is 1. The maximum absolute atomic E-state index is 11.5. The molecule has 0 saturated carbocycles. The Kier molecular flexibility index (Phi) is 3.57. The van der Waals surface area contributed by atoms with Crippen LogP contribution in [0.15, 0.2) is 35.4 Å². The number of aromatic nitrogens is 3. The van der Waals surface area contributed by atoms with E-state index < -0.39 is 16.8 Å². The molecular formula is C10H8N6O3. The maximum Gasteiger partial charge on any atom is 0.454 e. The summed E-state index contributed by atoms with van der Waals surface area (Å²) in [6.45, 7) is 0. The van der Waals surface area contributed by atoms with Crippen LogP contribution in [0.25, 0.3) is 0 Å². The molecule has 0 aliphatic rings. The molecule has 1 amide bonds. The molecule has 1 aromatic carbocycles. The van der Waals surface area contributed by atoms with Gasteiger partial charge in [0.05, 0.1) is 6.21 Å². The van der Waals surface area contributed by atoms with E-state index in [2.05, 4.69) is 20.6 Å². The van der Waals surface area contributed by atoms with Crippen molar-refractivity contribution in [2.45, 2.75) is 0 Å². The van der Waals surface area contributed by atoms with E-state index in [9.17, 15) is 14.9 Å². The fraction of sp³-hybridized carbons (Fsp3) is 0. The minimum atomic E-state index is -0.781. The van der Waals surface area contributed by atoms with Gasteiger partial charge in [-0.25, -0.2) is 5.43 Å². The van der Waals surface area contributed by atoms with Gasteiger partial charge in [-0.15, -0.1) is 5.10 Å². The number of benzene rings is 1. The van der Waals surface area contributed by atoms with Crippen molar-refractivity contribution in [1.82, 2.24) is 20.6 Å². The number of rotatable bonds is 4. The smallest absolute Gasteiger partial charge is 0.390 e. The molecule has 19 heavy (non-hydrogen) atoms. The average Bonchev–Trinajstić information content (AvgIpc) is 2.89. The zero-order valence-electron chi connectivity index (χ0n) is 9.48. The van der Waals surface area contributed by atoms with E-state index in [0.29, 0.717) is 0 Å². The topological polar surface area (TPSA) is 126 Å². The first-order valence-electron chi connectivity index (χ1n) is 5.12. The van der Waals surface area contributed by atoms with Gasteiger partial charge in [0.25, 0.3) is 0 Å². The van der Waals surface area contributed by atoms with Gasteiger partial charge in [0.15, 0.2) is 0 Å². The van der Waals surface area contributed by atoms with Gasteiger partial charge in [0, 0.05) is 0 Å². The first-order chi connectivity index (χ1) is 9.16. The standard InChI is InChI=1S/C10H8N6O3/c17-9(8-12-10(15-13-8)16(18)19)14-11-6-7-4-2-1-3-5-7/h1-6H,(H,14,17)(H,12,13,15)/b11-6-. The number of nitro groups is 1. The van der Waals surface area contributed by atoms with Gasteiger partial charge in [0.2, 0.25) is 0 Å². The predicted octanol–water partition coefficient (Wildman–Crippen LogP) is 0.477. The van der Waals surface area contributed by atoms with Gasteiger partial charge in [-0.2, -0.15) is 5.10 Å². The first-order valence-corrected chi connectivity index (χ1v) is 5.12. The van der Waals surface area contributed by atoms with E-state index in [1.807, 2.05) is 23.3 Å². The molecule has 9 nitrogen and oxygen atoms in total. The Morgan fingerprint density at radius 1 is 1.42 bits per heavy atom. The van der Waals surface area contributed by atoms with Gasteiger partial charge in [-0.1, -0.05) is 35.4 Å². The Labute approximate surface area is 106 Å². The van der Waals surface area contributed by atoms with Crippen LogP contribution in [0, 0.1) is 10.1 Å². The van der Waals surface area contributed by atoms with Crippen molar-refractivity contribution >= 4 is 18.1 Å². The summed E-state index contributed by atoms with van der Waals surface area (Å²) in [5.41, 5.74) is 2.96. The molecule has 0 unspecified atom stereocenters. The fourth-order valence-corrected chi connectivity index (χ4v) is 1.19. The van der Waals surface area contributed by atoms with Crippen molar-refractivity contribution in [1.29, 1.82) is 0 Å². The molecule has 2 aromatic rings. The zero-order chi connectivity index (χ0) is 13.7. The van der Waals surface area contributed by atoms with Crippen LogP contribution < -0.4 is 5.43 Å². The average molecular weight is 260 g/mol. The lowest BCUT2D eigenvalue weighted by Crippen LogP contribution is -2.19. The summed E-state index contributed by atoms with van der Waals surface area (Å²) in [6.07, 6.45) is 1.43. The van der Waals surface area contributed by atoms with Gasteiger partial charge in [-0.05, 0) is 15.5 Å². The molecule has 0 saturated heterocycles. The molecule has 0 spiro atoms. The van der Waals surface area contributed by atoms with Gasteiger partial charge in [-0.3, -0.25) is 4.79 Å². The number of hydrogen-bond acceptors (Lipinski definition) is 6. The molecule has 0 radical (unpaired) electrons. The lowest BCUT2D eigenvalue weighted by Gasteiger charge is -1.92. The quantitative estimate of drug-likeness (QED) is 0.469. The summed E-state index contributed by atoms with van der Waals surface area (Å²) in [4.78, 5) is 24.4. The number of aromatic amines is 1. The maximum atomic E-state index is 11.5. The highest BCUT2D eigenvalue weighted by atomic mass is 16.6. The number of carbonyl (C=O) groups excluding carboxylic acids is 1. The summed E-state index contributed by atoms with van der Waals surface area (Å²) in [5, 5.41) is 19.5. The third-order valence-corrected chi connectivity index (χ3v) is 2.03. The Balaban J connectivity index is 1.97. The minimum Gasteiger partial charge on any atom is -0.390 e. The fourth-order valence-electron chi connectivity index (χ4n) is 1.19. The second kappa shape index (κ2) is 5.49. The summed E-state index contributed by atoms with van der Waals surface area (Å²) in [6, 6.07) is 9.09. The number of hydrogen-bond donors (Lipinski definition) is 2. The summed E-state index contributed by atoms with van der Waals surface area (Å²) < 4.78 is 0. The van der Waals surface area contributed by atoms with Gasteiger partial charge >= 0.3 is 17.7 Å². The summed E-state index contributed by atoms with van der Waals surface area (Å²) >= 11 is 0. The van der Waals surface area contributed by atoms with E-state index >= 15 is 0 Å². The monoisotopic (exact) mass is 260 g/mol. The first kappa shape index (κ1) is 12.4. The summed E-state index contributed by atoms with van der Waals surface area (Å²) in [5.74, 6) is -1.69. The van der Waals surface area contributed by atoms with Crippen molar-refractivity contribution in [2.24, 2.45) is 5.10 Å². The van der Waals surface area contributed by atoms with E-state index in [0.717, 1.165) is 5.56 Å². The molecular weight excluding hydrogens is 252 g/mol. The van der Waals surface area contributed by atoms with Gasteiger partial charge < -0.3 is 10.1 Å². The third-order valence-electron chi connectivity index (χ3n) is 2.03. The molecule has 96 valence electrons. The second-order valence-corrected chi connectivity index (χ2v) is 3.35. The van der Waals surface area contributed by atoms with Crippen LogP contribution in [-0.2, 0) is 0 Å². The molecule has 2 N–H and O–H groups in total. The largest absolute Gasteiger partial charge is 0.454 e. The molecule has 1 aromatic heterocycles. The lowest BCUT2D eigenvalue weighted by molar-refractivity contribution is -0.394. The molecule has 9 heteroatoms. The van der Waals surface area contributed by atoms with E-state index in [1.165, 1.54) is 6.21 Å². The molecule has 1 heterocycles. The van der Waals surface area contributed by atoms with Crippen LogP contribution in [0.3, 0.4) is 0 Å². The molecule has 0 bridgehead atoms. The molecule has 2 rings (SSSR count). The lowest BCUT2D eigenvalue weighted by atomic mass is 10.2. The van der Waals surface area contributed by atoms with Gasteiger partial charge in [0.1, 0.15) is 0 Å². The normalized spacial score (nSPS) is 10.5. The molecule has 0 atom stereocenters. The van der Waals surface area contributed by atoms with Crippen molar-refractivity contribution in [3.63, 3.8) is 0 Å². The number of hydrazone groups is 1. The van der Waals surface area contributed by atoms with Crippen LogP contribution >= 0.6 is 0 Å². The zero-order valence-corrected chi connectivity index (χ0v) is 9.48. The van der Waals surface area contributed by atoms with E-state index in [4.69, 9.17) is 0 Å². The Morgan fingerprint density at radius 3 is 2.79 bits per heavy atom. The number of nitrogens with zero attached hydrogens (tertiary/aromatic N) is 4. The number of nitrogens with one attached hydrogen (secondary N) is 2. The Hall–Kier alpha value is -3.10. The third kappa shape index (κ3) is 3.19. The minimum absolute atomic E-state index is 0.350. The van der Waals surface area contributed by atoms with Crippen LogP contribution in [0.5, 0.6) is 0 Å². The van der Waals surface area contributed by atoms with Crippen LogP contribution in [0.4, 0.5) is 5.95 Å². The highest BCUT2D eigenvalue weighted by molar-refractivity contribution is 5.91. The molecule has 0 aliphatic heterocycles. The Bertz CT molecular complexity index is 621. The van der Waals surface area contributed by atoms with Crippen molar-refractivity contribution < 1.29 is 9.72 Å². The SMILES string of the molecule is O=C(N/N=C\c1ccccc1)c1n[nH]c([N+](=O)[O-])n1. The molecule has 0 fully saturated rings. The van der Waals surface area contributed by atoms with Crippen molar-refractivity contribution in [2.75, 3.05) is 0 Å². The summed E-state index contributed by atoms with van der Waals surface area (Å²) in [7, 11) is 0. The van der Waals surface area contributed by atoms with Crippen LogP contribution in [0.2, 0.25) is 0 Å². The number of carbonyl (C=O) groups is 1.